The molecular formula is C17H17ClO2. The molecule has 0 saturated heterocycles. The SMILES string of the molecule is Cc1cccc(C(Cc2ccc(C)cc2Cl)C(=O)O)c1. The highest BCUT2D eigenvalue weighted by Crippen LogP contribution is 2.26. The fraction of sp³-hybridized carbons (Fsp3) is 0.235. The predicted octanol–water partition coefficient (Wildman–Crippen LogP) is 4.37. The van der Waals surface area contributed by atoms with Crippen LogP contribution in [0.2, 0.25) is 5.02 Å². The second-order valence-electron chi connectivity index (χ2n) is 5.10. The lowest BCUT2D eigenvalue weighted by atomic mass is 9.91. The second kappa shape index (κ2) is 6.10. The molecule has 3 heteroatoms. The maximum absolute atomic E-state index is 11.6. The summed E-state index contributed by atoms with van der Waals surface area (Å²) in [6, 6.07) is 13.3. The lowest BCUT2D eigenvalue weighted by Gasteiger charge is -2.15. The number of benzene rings is 2. The highest BCUT2D eigenvalue weighted by atomic mass is 35.5. The molecule has 0 aliphatic rings. The second-order valence-corrected chi connectivity index (χ2v) is 5.51. The number of aryl methyl sites for hydroxylation is 2. The molecule has 2 nitrogen and oxygen atoms in total. The Morgan fingerprint density at radius 1 is 1.15 bits per heavy atom. The van der Waals surface area contributed by atoms with Crippen LogP contribution in [0.4, 0.5) is 0 Å². The van der Waals surface area contributed by atoms with E-state index < -0.39 is 11.9 Å². The zero-order valence-electron chi connectivity index (χ0n) is 11.6. The predicted molar refractivity (Wildman–Crippen MR) is 81.4 cm³/mol. The number of rotatable bonds is 4. The van der Waals surface area contributed by atoms with Gasteiger partial charge < -0.3 is 5.11 Å². The molecule has 1 atom stereocenters. The summed E-state index contributed by atoms with van der Waals surface area (Å²) >= 11 is 6.20. The van der Waals surface area contributed by atoms with E-state index in [0.29, 0.717) is 11.4 Å². The van der Waals surface area contributed by atoms with Gasteiger partial charge in [0.2, 0.25) is 0 Å². The molecule has 1 unspecified atom stereocenters. The van der Waals surface area contributed by atoms with Crippen molar-refractivity contribution in [3.63, 3.8) is 0 Å². The first-order chi connectivity index (χ1) is 9.47. The summed E-state index contributed by atoms with van der Waals surface area (Å²) in [6.07, 6.45) is 0.401. The van der Waals surface area contributed by atoms with Gasteiger partial charge in [0, 0.05) is 5.02 Å². The van der Waals surface area contributed by atoms with Gasteiger partial charge in [0.15, 0.2) is 0 Å². The molecule has 0 fully saturated rings. The van der Waals surface area contributed by atoms with Crippen molar-refractivity contribution in [2.75, 3.05) is 0 Å². The Hall–Kier alpha value is -1.80. The van der Waals surface area contributed by atoms with Crippen molar-refractivity contribution in [2.45, 2.75) is 26.2 Å². The molecule has 2 aromatic rings. The Bertz CT molecular complexity index is 635. The van der Waals surface area contributed by atoms with Gasteiger partial charge in [-0.25, -0.2) is 0 Å². The summed E-state index contributed by atoms with van der Waals surface area (Å²) < 4.78 is 0. The standard InChI is InChI=1S/C17H17ClO2/c1-11-4-3-5-13(8-11)15(17(19)20)10-14-7-6-12(2)9-16(14)18/h3-9,15H,10H2,1-2H3,(H,19,20). The van der Waals surface area contributed by atoms with Crippen LogP contribution in [0.5, 0.6) is 0 Å². The Labute approximate surface area is 124 Å². The van der Waals surface area contributed by atoms with Crippen LogP contribution in [-0.2, 0) is 11.2 Å². The largest absolute Gasteiger partial charge is 0.481 e. The number of carboxylic acid groups (broad SMARTS) is 1. The summed E-state index contributed by atoms with van der Waals surface area (Å²) in [4.78, 5) is 11.6. The van der Waals surface area contributed by atoms with E-state index in [4.69, 9.17) is 11.6 Å². The minimum Gasteiger partial charge on any atom is -0.481 e. The molecule has 20 heavy (non-hydrogen) atoms. The zero-order chi connectivity index (χ0) is 14.7. The maximum Gasteiger partial charge on any atom is 0.311 e. The first-order valence-corrected chi connectivity index (χ1v) is 6.89. The van der Waals surface area contributed by atoms with Gasteiger partial charge in [0.1, 0.15) is 0 Å². The Kier molecular flexibility index (Phi) is 4.46. The molecule has 0 bridgehead atoms. The number of carbonyl (C=O) groups is 1. The van der Waals surface area contributed by atoms with E-state index in [2.05, 4.69) is 0 Å². The van der Waals surface area contributed by atoms with Crippen molar-refractivity contribution in [1.82, 2.24) is 0 Å². The molecular weight excluding hydrogens is 272 g/mol. The molecule has 0 aliphatic heterocycles. The average molecular weight is 289 g/mol. The summed E-state index contributed by atoms with van der Waals surface area (Å²) in [5.41, 5.74) is 3.81. The Morgan fingerprint density at radius 2 is 1.85 bits per heavy atom. The molecule has 104 valence electrons. The number of hydrogen-bond acceptors (Lipinski definition) is 1. The normalized spacial score (nSPS) is 12.2. The van der Waals surface area contributed by atoms with Crippen molar-refractivity contribution < 1.29 is 9.90 Å². The maximum atomic E-state index is 11.6. The number of hydrogen-bond donors (Lipinski definition) is 1. The molecule has 0 amide bonds. The van der Waals surface area contributed by atoms with Crippen molar-refractivity contribution in [2.24, 2.45) is 0 Å². The molecule has 0 spiro atoms. The average Bonchev–Trinajstić information content (AvgIpc) is 2.37. The van der Waals surface area contributed by atoms with Crippen molar-refractivity contribution >= 4 is 17.6 Å². The molecule has 2 aromatic carbocycles. The zero-order valence-corrected chi connectivity index (χ0v) is 12.3. The van der Waals surface area contributed by atoms with E-state index in [0.717, 1.165) is 22.3 Å². The first-order valence-electron chi connectivity index (χ1n) is 6.52. The minimum absolute atomic E-state index is 0.401. The lowest BCUT2D eigenvalue weighted by Crippen LogP contribution is -2.14. The van der Waals surface area contributed by atoms with E-state index in [1.54, 1.807) is 0 Å². The number of carboxylic acids is 1. The molecule has 0 heterocycles. The highest BCUT2D eigenvalue weighted by Gasteiger charge is 2.21. The van der Waals surface area contributed by atoms with Crippen molar-refractivity contribution in [3.05, 3.63) is 69.7 Å². The monoisotopic (exact) mass is 288 g/mol. The summed E-state index contributed by atoms with van der Waals surface area (Å²) in [7, 11) is 0. The third-order valence-electron chi connectivity index (χ3n) is 3.38. The van der Waals surface area contributed by atoms with Crippen LogP contribution in [0, 0.1) is 13.8 Å². The molecule has 0 aromatic heterocycles. The van der Waals surface area contributed by atoms with Crippen LogP contribution < -0.4 is 0 Å². The fourth-order valence-electron chi connectivity index (χ4n) is 2.27. The van der Waals surface area contributed by atoms with E-state index >= 15 is 0 Å². The van der Waals surface area contributed by atoms with Crippen LogP contribution in [0.3, 0.4) is 0 Å². The van der Waals surface area contributed by atoms with E-state index in [-0.39, 0.29) is 0 Å². The van der Waals surface area contributed by atoms with Gasteiger partial charge in [-0.3, -0.25) is 4.79 Å². The van der Waals surface area contributed by atoms with Gasteiger partial charge >= 0.3 is 5.97 Å². The van der Waals surface area contributed by atoms with Gasteiger partial charge in [-0.15, -0.1) is 0 Å². The van der Waals surface area contributed by atoms with E-state index in [1.165, 1.54) is 0 Å². The smallest absolute Gasteiger partial charge is 0.311 e. The molecule has 1 N–H and O–H groups in total. The Balaban J connectivity index is 2.33. The van der Waals surface area contributed by atoms with Gasteiger partial charge in [0.25, 0.3) is 0 Å². The third kappa shape index (κ3) is 3.40. The summed E-state index contributed by atoms with van der Waals surface area (Å²) in [6.45, 7) is 3.92. The number of halogens is 1. The van der Waals surface area contributed by atoms with Crippen LogP contribution in [0.1, 0.15) is 28.2 Å². The van der Waals surface area contributed by atoms with E-state index in [1.807, 2.05) is 56.3 Å². The van der Waals surface area contributed by atoms with Gasteiger partial charge in [-0.2, -0.15) is 0 Å². The van der Waals surface area contributed by atoms with Gasteiger partial charge in [0.05, 0.1) is 5.92 Å². The minimum atomic E-state index is -0.827. The molecule has 0 aliphatic carbocycles. The molecule has 0 radical (unpaired) electrons. The number of aliphatic carboxylic acids is 1. The van der Waals surface area contributed by atoms with Crippen molar-refractivity contribution in [1.29, 1.82) is 0 Å². The van der Waals surface area contributed by atoms with Gasteiger partial charge in [-0.1, -0.05) is 53.6 Å². The molecule has 2 rings (SSSR count). The summed E-state index contributed by atoms with van der Waals surface area (Å²) in [5.74, 6) is -1.40. The highest BCUT2D eigenvalue weighted by molar-refractivity contribution is 6.31. The van der Waals surface area contributed by atoms with Gasteiger partial charge in [-0.05, 0) is 43.0 Å². The van der Waals surface area contributed by atoms with Crippen LogP contribution in [0.15, 0.2) is 42.5 Å². The van der Waals surface area contributed by atoms with Crippen LogP contribution in [0.25, 0.3) is 0 Å². The summed E-state index contributed by atoms with van der Waals surface area (Å²) in [5, 5.41) is 10.1. The van der Waals surface area contributed by atoms with E-state index in [9.17, 15) is 9.90 Å². The van der Waals surface area contributed by atoms with Crippen LogP contribution >= 0.6 is 11.6 Å². The Morgan fingerprint density at radius 3 is 2.45 bits per heavy atom. The lowest BCUT2D eigenvalue weighted by molar-refractivity contribution is -0.138. The topological polar surface area (TPSA) is 37.3 Å². The van der Waals surface area contributed by atoms with Crippen LogP contribution in [-0.4, -0.2) is 11.1 Å². The first kappa shape index (κ1) is 14.6. The van der Waals surface area contributed by atoms with Crippen molar-refractivity contribution in [3.8, 4) is 0 Å². The fourth-order valence-corrected chi connectivity index (χ4v) is 2.58. The quantitative estimate of drug-likeness (QED) is 0.907. The third-order valence-corrected chi connectivity index (χ3v) is 3.73. The molecule has 0 saturated carbocycles.